The summed E-state index contributed by atoms with van der Waals surface area (Å²) in [4.78, 5) is 0. The highest BCUT2D eigenvalue weighted by Gasteiger charge is 2.04. The predicted molar refractivity (Wildman–Crippen MR) is 35.8 cm³/mol. The van der Waals surface area contributed by atoms with Crippen LogP contribution < -0.4 is 0 Å². The van der Waals surface area contributed by atoms with E-state index in [1.165, 1.54) is 18.2 Å². The molecule has 2 nitrogen and oxygen atoms in total. The molecule has 0 radical (unpaired) electrons. The second kappa shape index (κ2) is 2.81. The molecule has 1 aromatic carbocycles. The van der Waals surface area contributed by atoms with Crippen molar-refractivity contribution in [3.63, 3.8) is 0 Å². The number of benzene rings is 1. The molecule has 0 atom stereocenters. The van der Waals surface area contributed by atoms with E-state index >= 15 is 0 Å². The van der Waals surface area contributed by atoms with E-state index in [9.17, 15) is 4.39 Å². The summed E-state index contributed by atoms with van der Waals surface area (Å²) < 4.78 is 12.8. The predicted octanol–water partition coefficient (Wildman–Crippen LogP) is 1.57. The Morgan fingerprint density at radius 3 is 1.91 bits per heavy atom. The standard InChI is InChI=1S/C8H3FN2/c9-8-6(4-10)2-1-3-7(8)5-11/h1-3H. The largest absolute Gasteiger partial charge is 0.204 e. The highest BCUT2D eigenvalue weighted by Crippen LogP contribution is 2.09. The number of halogens is 1. The van der Waals surface area contributed by atoms with Gasteiger partial charge in [-0.15, -0.1) is 0 Å². The molecule has 0 N–H and O–H groups in total. The second-order valence-electron chi connectivity index (χ2n) is 1.89. The molecular formula is C8H3FN2. The Balaban J connectivity index is 3.38. The molecule has 1 aromatic rings. The van der Waals surface area contributed by atoms with Gasteiger partial charge in [-0.3, -0.25) is 0 Å². The highest BCUT2D eigenvalue weighted by molar-refractivity contribution is 5.40. The van der Waals surface area contributed by atoms with Gasteiger partial charge in [-0.1, -0.05) is 6.07 Å². The van der Waals surface area contributed by atoms with Crippen molar-refractivity contribution in [1.82, 2.24) is 0 Å². The summed E-state index contributed by atoms with van der Waals surface area (Å²) in [6, 6.07) is 7.42. The molecule has 0 aromatic heterocycles. The van der Waals surface area contributed by atoms with Crippen molar-refractivity contribution in [2.45, 2.75) is 0 Å². The van der Waals surface area contributed by atoms with Crippen molar-refractivity contribution in [1.29, 1.82) is 10.5 Å². The molecule has 3 heteroatoms. The first-order valence-corrected chi connectivity index (χ1v) is 2.88. The highest BCUT2D eigenvalue weighted by atomic mass is 19.1. The Morgan fingerprint density at radius 1 is 1.09 bits per heavy atom. The number of nitrogens with zero attached hydrogens (tertiary/aromatic N) is 2. The van der Waals surface area contributed by atoms with Gasteiger partial charge < -0.3 is 0 Å². The van der Waals surface area contributed by atoms with E-state index in [4.69, 9.17) is 10.5 Å². The zero-order chi connectivity index (χ0) is 8.27. The molecule has 0 amide bonds. The van der Waals surface area contributed by atoms with E-state index < -0.39 is 5.82 Å². The molecule has 0 saturated heterocycles. The summed E-state index contributed by atoms with van der Waals surface area (Å²) in [7, 11) is 0. The number of hydrogen-bond acceptors (Lipinski definition) is 2. The fourth-order valence-electron chi connectivity index (χ4n) is 0.705. The first-order valence-electron chi connectivity index (χ1n) is 2.88. The average molecular weight is 146 g/mol. The normalized spacial score (nSPS) is 8.27. The van der Waals surface area contributed by atoms with E-state index in [2.05, 4.69) is 0 Å². The van der Waals surface area contributed by atoms with Crippen LogP contribution in [0.1, 0.15) is 11.1 Å². The van der Waals surface area contributed by atoms with Gasteiger partial charge in [0.1, 0.15) is 12.1 Å². The molecule has 0 heterocycles. The van der Waals surface area contributed by atoms with Gasteiger partial charge in [0.05, 0.1) is 11.1 Å². The fraction of sp³-hybridized carbons (Fsp3) is 0. The minimum absolute atomic E-state index is 0.0935. The molecule has 0 spiro atoms. The number of nitriles is 2. The van der Waals surface area contributed by atoms with Crippen LogP contribution in [-0.4, -0.2) is 0 Å². The summed E-state index contributed by atoms with van der Waals surface area (Å²) in [5.74, 6) is -0.738. The molecule has 0 bridgehead atoms. The monoisotopic (exact) mass is 146 g/mol. The van der Waals surface area contributed by atoms with E-state index in [0.29, 0.717) is 0 Å². The summed E-state index contributed by atoms with van der Waals surface area (Å²) in [5.41, 5.74) is -0.187. The van der Waals surface area contributed by atoms with Crippen LogP contribution in [0.4, 0.5) is 4.39 Å². The lowest BCUT2D eigenvalue weighted by Crippen LogP contribution is -1.87. The maximum absolute atomic E-state index is 12.8. The minimum Gasteiger partial charge on any atom is -0.204 e. The van der Waals surface area contributed by atoms with Crippen LogP contribution in [0, 0.1) is 28.5 Å². The van der Waals surface area contributed by atoms with Crippen molar-refractivity contribution in [2.75, 3.05) is 0 Å². The molecule has 0 aliphatic rings. The summed E-state index contributed by atoms with van der Waals surface area (Å²) in [6.07, 6.45) is 0. The maximum Gasteiger partial charge on any atom is 0.158 e. The molecular weight excluding hydrogens is 143 g/mol. The zero-order valence-electron chi connectivity index (χ0n) is 5.50. The van der Waals surface area contributed by atoms with Crippen LogP contribution >= 0.6 is 0 Å². The SMILES string of the molecule is N#Cc1cccc(C#N)c1F. The first kappa shape index (κ1) is 7.24. The van der Waals surface area contributed by atoms with Gasteiger partial charge >= 0.3 is 0 Å². The van der Waals surface area contributed by atoms with Crippen molar-refractivity contribution in [3.05, 3.63) is 35.1 Å². The molecule has 0 unspecified atom stereocenters. The van der Waals surface area contributed by atoms with Crippen LogP contribution in [0.25, 0.3) is 0 Å². The van der Waals surface area contributed by atoms with E-state index in [1.807, 2.05) is 0 Å². The lowest BCUT2D eigenvalue weighted by atomic mass is 10.1. The Hall–Kier alpha value is -1.87. The molecule has 0 saturated carbocycles. The Kier molecular flexibility index (Phi) is 1.85. The third-order valence-corrected chi connectivity index (χ3v) is 1.24. The van der Waals surface area contributed by atoms with E-state index in [1.54, 1.807) is 12.1 Å². The lowest BCUT2D eigenvalue weighted by Gasteiger charge is -1.92. The van der Waals surface area contributed by atoms with Gasteiger partial charge in [-0.2, -0.15) is 10.5 Å². The lowest BCUT2D eigenvalue weighted by molar-refractivity contribution is 0.620. The summed E-state index contributed by atoms with van der Waals surface area (Å²) in [5, 5.41) is 16.7. The van der Waals surface area contributed by atoms with Gasteiger partial charge in [0.2, 0.25) is 0 Å². The van der Waals surface area contributed by atoms with Gasteiger partial charge in [0, 0.05) is 0 Å². The van der Waals surface area contributed by atoms with Gasteiger partial charge in [0.15, 0.2) is 5.82 Å². The third-order valence-electron chi connectivity index (χ3n) is 1.24. The molecule has 11 heavy (non-hydrogen) atoms. The van der Waals surface area contributed by atoms with Gasteiger partial charge in [0.25, 0.3) is 0 Å². The van der Waals surface area contributed by atoms with Crippen molar-refractivity contribution in [3.8, 4) is 12.1 Å². The van der Waals surface area contributed by atoms with Crippen molar-refractivity contribution in [2.24, 2.45) is 0 Å². The topological polar surface area (TPSA) is 47.6 Å². The molecule has 0 fully saturated rings. The number of hydrogen-bond donors (Lipinski definition) is 0. The van der Waals surface area contributed by atoms with Crippen molar-refractivity contribution < 1.29 is 4.39 Å². The zero-order valence-corrected chi connectivity index (χ0v) is 5.50. The van der Waals surface area contributed by atoms with Crippen LogP contribution in [0.2, 0.25) is 0 Å². The van der Waals surface area contributed by atoms with Gasteiger partial charge in [-0.05, 0) is 12.1 Å². The maximum atomic E-state index is 12.8. The number of rotatable bonds is 0. The quantitative estimate of drug-likeness (QED) is 0.557. The Labute approximate surface area is 63.1 Å². The van der Waals surface area contributed by atoms with Crippen LogP contribution in [0.5, 0.6) is 0 Å². The second-order valence-corrected chi connectivity index (χ2v) is 1.89. The first-order chi connectivity index (χ1) is 5.29. The van der Waals surface area contributed by atoms with E-state index in [0.717, 1.165) is 0 Å². The minimum atomic E-state index is -0.738. The molecule has 0 aliphatic carbocycles. The summed E-state index contributed by atoms with van der Waals surface area (Å²) in [6.45, 7) is 0. The van der Waals surface area contributed by atoms with Crippen molar-refractivity contribution >= 4 is 0 Å². The average Bonchev–Trinajstić information content (AvgIpc) is 2.05. The molecule has 1 rings (SSSR count). The Bertz CT molecular complexity index is 325. The van der Waals surface area contributed by atoms with Gasteiger partial charge in [-0.25, -0.2) is 4.39 Å². The van der Waals surface area contributed by atoms with Crippen LogP contribution in [0.15, 0.2) is 18.2 Å². The smallest absolute Gasteiger partial charge is 0.158 e. The molecule has 52 valence electrons. The fourth-order valence-corrected chi connectivity index (χ4v) is 0.705. The molecule has 0 aliphatic heterocycles. The van der Waals surface area contributed by atoms with E-state index in [-0.39, 0.29) is 11.1 Å². The summed E-state index contributed by atoms with van der Waals surface area (Å²) >= 11 is 0. The third kappa shape index (κ3) is 1.17. The Morgan fingerprint density at radius 2 is 1.55 bits per heavy atom. The van der Waals surface area contributed by atoms with Crippen LogP contribution in [0.3, 0.4) is 0 Å². The van der Waals surface area contributed by atoms with Crippen LogP contribution in [-0.2, 0) is 0 Å².